The third-order valence-electron chi connectivity index (χ3n) is 7.05. The molecule has 0 aliphatic carbocycles. The molecule has 3 N–H and O–H groups in total. The van der Waals surface area contributed by atoms with Gasteiger partial charge < -0.3 is 20.3 Å². The average Bonchev–Trinajstić information content (AvgIpc) is 3.64. The van der Waals surface area contributed by atoms with Gasteiger partial charge in [-0.3, -0.25) is 9.48 Å². The van der Waals surface area contributed by atoms with Crippen LogP contribution in [0.3, 0.4) is 0 Å². The Morgan fingerprint density at radius 2 is 1.65 bits per heavy atom. The smallest absolute Gasteiger partial charge is 0.287 e. The minimum atomic E-state index is -1.01. The molecule has 0 unspecified atom stereocenters. The first-order chi connectivity index (χ1) is 23.2. The summed E-state index contributed by atoms with van der Waals surface area (Å²) in [5, 5.41) is 8.81. The van der Waals surface area contributed by atoms with Gasteiger partial charge in [0.25, 0.3) is 11.4 Å². The molecule has 6 rings (SSSR count). The number of nitrogens with one attached hydrogen (secondary N) is 1. The van der Waals surface area contributed by atoms with E-state index in [1.165, 1.54) is 22.4 Å². The first-order valence-electron chi connectivity index (χ1n) is 14.9. The first kappa shape index (κ1) is 34.6. The van der Waals surface area contributed by atoms with Crippen molar-refractivity contribution in [3.63, 3.8) is 0 Å². The van der Waals surface area contributed by atoms with Gasteiger partial charge in [-0.05, 0) is 31.5 Å². The second kappa shape index (κ2) is 15.9. The summed E-state index contributed by atoms with van der Waals surface area (Å²) in [6.07, 6.45) is 2.35. The number of hydrogen-bond acceptors (Lipinski definition) is 8. The molecule has 4 heterocycles. The van der Waals surface area contributed by atoms with Gasteiger partial charge in [0.15, 0.2) is 23.2 Å². The Hall–Kier alpha value is -6.23. The van der Waals surface area contributed by atoms with Crippen LogP contribution in [-0.2, 0) is 13.1 Å². The number of rotatable bonds is 7. The van der Waals surface area contributed by atoms with Crippen molar-refractivity contribution in [3.8, 4) is 28.8 Å². The lowest BCUT2D eigenvalue weighted by Crippen LogP contribution is -2.12. The normalized spacial score (nSPS) is 10.3. The second-order valence-electron chi connectivity index (χ2n) is 10.0. The molecule has 0 aliphatic rings. The van der Waals surface area contributed by atoms with Gasteiger partial charge in [-0.1, -0.05) is 74.0 Å². The van der Waals surface area contributed by atoms with Crippen molar-refractivity contribution in [1.82, 2.24) is 39.5 Å². The summed E-state index contributed by atoms with van der Waals surface area (Å²) < 4.78 is 35.0. The molecule has 12 nitrogen and oxygen atoms in total. The summed E-state index contributed by atoms with van der Waals surface area (Å²) in [7, 11) is 1.54. The fourth-order valence-electron chi connectivity index (χ4n) is 4.44. The van der Waals surface area contributed by atoms with E-state index in [-0.39, 0.29) is 23.9 Å². The fraction of sp³-hybridized carbons (Fsp3) is 0.206. The van der Waals surface area contributed by atoms with Crippen LogP contribution in [0.1, 0.15) is 36.2 Å². The van der Waals surface area contributed by atoms with Crippen molar-refractivity contribution in [2.24, 2.45) is 0 Å². The van der Waals surface area contributed by atoms with Crippen LogP contribution < -0.4 is 16.0 Å². The third kappa shape index (κ3) is 7.94. The average molecular weight is 653 g/mol. The quantitative estimate of drug-likeness (QED) is 0.196. The van der Waals surface area contributed by atoms with E-state index in [0.29, 0.717) is 29.5 Å². The Labute approximate surface area is 275 Å². The molecular formula is C34H34F2N10O2. The molecule has 0 spiro atoms. The van der Waals surface area contributed by atoms with E-state index < -0.39 is 17.2 Å². The molecule has 48 heavy (non-hydrogen) atoms. The molecule has 4 aromatic heterocycles. The lowest BCUT2D eigenvalue weighted by atomic mass is 10.2. The van der Waals surface area contributed by atoms with E-state index in [1.54, 1.807) is 31.5 Å². The van der Waals surface area contributed by atoms with Gasteiger partial charge in [0.05, 0.1) is 26.0 Å². The Bertz CT molecular complexity index is 2100. The number of aromatic nitrogens is 8. The maximum absolute atomic E-state index is 13.7. The molecule has 14 heteroatoms. The van der Waals surface area contributed by atoms with E-state index in [9.17, 15) is 13.6 Å². The van der Waals surface area contributed by atoms with Gasteiger partial charge in [-0.15, -0.1) is 0 Å². The Morgan fingerprint density at radius 1 is 0.938 bits per heavy atom. The van der Waals surface area contributed by atoms with Crippen molar-refractivity contribution in [2.75, 3.05) is 12.8 Å². The number of methoxy groups -OCH3 is 1. The zero-order valence-electron chi connectivity index (χ0n) is 27.1. The molecule has 0 bridgehead atoms. The van der Waals surface area contributed by atoms with Crippen LogP contribution in [0, 0.1) is 32.1 Å². The molecule has 6 aromatic rings. The van der Waals surface area contributed by atoms with Gasteiger partial charge in [0.2, 0.25) is 5.82 Å². The highest BCUT2D eigenvalue weighted by molar-refractivity contribution is 5.59. The topological polar surface area (TPSA) is 147 Å². The first-order valence-corrected chi connectivity index (χ1v) is 14.9. The highest BCUT2D eigenvalue weighted by atomic mass is 19.1. The predicted octanol–water partition coefficient (Wildman–Crippen LogP) is 6.13. The minimum absolute atomic E-state index is 0.0357. The van der Waals surface area contributed by atoms with Crippen LogP contribution in [0.4, 0.5) is 20.4 Å². The molecule has 0 amide bonds. The van der Waals surface area contributed by atoms with Gasteiger partial charge in [-0.25, -0.2) is 19.3 Å². The van der Waals surface area contributed by atoms with Gasteiger partial charge >= 0.3 is 0 Å². The number of nitrogens with zero attached hydrogens (tertiary/aromatic N) is 8. The Morgan fingerprint density at radius 3 is 2.29 bits per heavy atom. The molecule has 246 valence electrons. The van der Waals surface area contributed by atoms with Crippen LogP contribution in [0.5, 0.6) is 5.75 Å². The van der Waals surface area contributed by atoms with Crippen molar-refractivity contribution < 1.29 is 13.5 Å². The van der Waals surface area contributed by atoms with Gasteiger partial charge in [-0.2, -0.15) is 14.2 Å². The number of nitrogen functional groups attached to an aromatic ring is 1. The third-order valence-corrected chi connectivity index (χ3v) is 7.05. The number of hydrogen-bond donors (Lipinski definition) is 2. The number of aromatic amines is 1. The number of anilines is 1. The van der Waals surface area contributed by atoms with Crippen LogP contribution >= 0.6 is 0 Å². The number of ether oxygens (including phenoxy) is 1. The summed E-state index contributed by atoms with van der Waals surface area (Å²) in [4.78, 5) is 29.2. The standard InChI is InChI=1S/C17H19N5O.C15H9F2N5O.C2H6/c1-11-12(2)22(10-13-7-5-4-6-8-13)21-15(11)17-19-9-14(23-3)16(18)20-17;1-18-13-6-12(14-19-7-11(17)15(23)20-14)21-22(13)8-9-4-2-3-5-10(9)16;1-2/h4-9H,10H2,1-3H3,(H2,18,19,20);2-7H,8H2,(H,19,20,23);1-2H3. The lowest BCUT2D eigenvalue weighted by Gasteiger charge is -2.04. The monoisotopic (exact) mass is 652 g/mol. The van der Waals surface area contributed by atoms with E-state index >= 15 is 0 Å². The van der Waals surface area contributed by atoms with E-state index in [0.717, 1.165) is 23.1 Å². The van der Waals surface area contributed by atoms with Crippen LogP contribution in [-0.4, -0.2) is 46.6 Å². The van der Waals surface area contributed by atoms with Crippen molar-refractivity contribution >= 4 is 11.6 Å². The molecule has 0 atom stereocenters. The molecule has 0 aliphatic heterocycles. The number of halogens is 2. The van der Waals surface area contributed by atoms with Gasteiger partial charge in [0.1, 0.15) is 23.7 Å². The molecule has 2 aromatic carbocycles. The van der Waals surface area contributed by atoms with Crippen molar-refractivity contribution in [2.45, 2.75) is 40.8 Å². The highest BCUT2D eigenvalue weighted by Crippen LogP contribution is 2.26. The predicted molar refractivity (Wildman–Crippen MR) is 178 cm³/mol. The van der Waals surface area contributed by atoms with E-state index in [2.05, 4.69) is 47.1 Å². The Kier molecular flexibility index (Phi) is 11.4. The summed E-state index contributed by atoms with van der Waals surface area (Å²) in [6.45, 7) is 16.0. The summed E-state index contributed by atoms with van der Waals surface area (Å²) >= 11 is 0. The van der Waals surface area contributed by atoms with Crippen LogP contribution in [0.25, 0.3) is 27.9 Å². The SMILES string of the molecule is CC.COc1cnc(-c2nn(Cc3ccccc3)c(C)c2C)nc1N.[C-]#[N+]c1cc(-c2ncc(F)c(=O)[nH]2)nn1Cc1ccccc1F. The van der Waals surface area contributed by atoms with Crippen molar-refractivity contribution in [3.05, 3.63) is 129 Å². The molecule has 0 saturated carbocycles. The van der Waals surface area contributed by atoms with E-state index in [4.69, 9.17) is 17.0 Å². The molecular weight excluding hydrogens is 618 g/mol. The largest absolute Gasteiger partial charge is 0.491 e. The summed E-state index contributed by atoms with van der Waals surface area (Å²) in [5.74, 6) is 0.0530. The summed E-state index contributed by atoms with van der Waals surface area (Å²) in [6, 6.07) is 17.8. The van der Waals surface area contributed by atoms with E-state index in [1.807, 2.05) is 50.6 Å². The summed E-state index contributed by atoms with van der Waals surface area (Å²) in [5.41, 5.74) is 9.59. The van der Waals surface area contributed by atoms with Crippen molar-refractivity contribution in [1.29, 1.82) is 0 Å². The lowest BCUT2D eigenvalue weighted by molar-refractivity contribution is 0.413. The number of benzene rings is 2. The maximum atomic E-state index is 13.7. The number of H-pyrrole nitrogens is 1. The van der Waals surface area contributed by atoms with Crippen LogP contribution in [0.15, 0.2) is 77.9 Å². The fourth-order valence-corrected chi connectivity index (χ4v) is 4.44. The molecule has 0 saturated heterocycles. The van der Waals surface area contributed by atoms with Crippen LogP contribution in [0.2, 0.25) is 0 Å². The molecule has 0 radical (unpaired) electrons. The zero-order valence-corrected chi connectivity index (χ0v) is 27.1. The highest BCUT2D eigenvalue weighted by Gasteiger charge is 2.17. The Balaban J connectivity index is 0.000000206. The minimum Gasteiger partial charge on any atom is -0.491 e. The van der Waals surface area contributed by atoms with Gasteiger partial charge in [0, 0.05) is 16.8 Å². The number of nitrogens with two attached hydrogens (primary N) is 1. The second-order valence-corrected chi connectivity index (χ2v) is 10.0. The molecule has 0 fully saturated rings. The maximum Gasteiger partial charge on any atom is 0.287 e. The zero-order chi connectivity index (χ0) is 34.8.